The third-order valence-corrected chi connectivity index (χ3v) is 4.00. The van der Waals surface area contributed by atoms with Gasteiger partial charge in [-0.05, 0) is 48.7 Å². The fourth-order valence-electron chi connectivity index (χ4n) is 2.53. The van der Waals surface area contributed by atoms with Gasteiger partial charge < -0.3 is 19.4 Å². The van der Waals surface area contributed by atoms with Gasteiger partial charge in [0, 0.05) is 13.0 Å². The Bertz CT molecular complexity index is 770. The molecule has 2 aromatic carbocycles. The zero-order valence-corrected chi connectivity index (χ0v) is 15.8. The maximum absolute atomic E-state index is 11.3. The van der Waals surface area contributed by atoms with Crippen LogP contribution in [0.3, 0.4) is 0 Å². The molecule has 0 radical (unpaired) electrons. The van der Waals surface area contributed by atoms with Gasteiger partial charge in [-0.1, -0.05) is 35.5 Å². The molecule has 1 N–H and O–H groups in total. The first-order valence-electron chi connectivity index (χ1n) is 8.76. The summed E-state index contributed by atoms with van der Waals surface area (Å²) in [6.07, 6.45) is -0.550. The molecule has 2 rings (SSSR count). The lowest BCUT2D eigenvalue weighted by Crippen LogP contribution is -2.26. The van der Waals surface area contributed by atoms with E-state index in [2.05, 4.69) is 5.16 Å². The number of hydrogen-bond acceptors (Lipinski definition) is 5. The Labute approximate surface area is 159 Å². The number of oxime groups is 1. The number of rotatable bonds is 10. The first-order chi connectivity index (χ1) is 13.0. The van der Waals surface area contributed by atoms with Crippen LogP contribution in [0.2, 0.25) is 0 Å². The van der Waals surface area contributed by atoms with Crippen molar-refractivity contribution in [2.24, 2.45) is 5.16 Å². The molecule has 0 bridgehead atoms. The third-order valence-electron chi connectivity index (χ3n) is 4.00. The zero-order chi connectivity index (χ0) is 19.6. The molecule has 0 fully saturated rings. The Hall–Kier alpha value is -2.86. The summed E-state index contributed by atoms with van der Waals surface area (Å²) in [7, 11) is 1.63. The molecule has 1 atom stereocenters. The molecule has 0 saturated heterocycles. The van der Waals surface area contributed by atoms with Crippen molar-refractivity contribution in [1.29, 1.82) is 0 Å². The Balaban J connectivity index is 1.99. The lowest BCUT2D eigenvalue weighted by Gasteiger charge is -2.13. The van der Waals surface area contributed by atoms with E-state index in [1.54, 1.807) is 14.0 Å². The summed E-state index contributed by atoms with van der Waals surface area (Å²) in [5, 5.41) is 13.4. The number of carbonyl (C=O) groups is 1. The summed E-state index contributed by atoms with van der Waals surface area (Å²) in [6, 6.07) is 15.2. The molecule has 0 aliphatic rings. The summed E-state index contributed by atoms with van der Waals surface area (Å²) in [5.74, 6) is -0.169. The quantitative estimate of drug-likeness (QED) is 0.509. The monoisotopic (exact) mass is 371 g/mol. The van der Waals surface area contributed by atoms with Gasteiger partial charge in [0.25, 0.3) is 0 Å². The first-order valence-corrected chi connectivity index (χ1v) is 8.76. The van der Waals surface area contributed by atoms with Gasteiger partial charge in [-0.3, -0.25) is 0 Å². The summed E-state index contributed by atoms with van der Waals surface area (Å²) in [4.78, 5) is 16.7. The van der Waals surface area contributed by atoms with Crippen LogP contribution in [0.1, 0.15) is 30.5 Å². The smallest absolute Gasteiger partial charge is 0.333 e. The second-order valence-electron chi connectivity index (χ2n) is 5.98. The highest BCUT2D eigenvalue weighted by Crippen LogP contribution is 2.13. The number of carboxylic acid groups (broad SMARTS) is 1. The second-order valence-corrected chi connectivity index (χ2v) is 5.98. The van der Waals surface area contributed by atoms with Gasteiger partial charge in [0.15, 0.2) is 6.10 Å². The highest BCUT2D eigenvalue weighted by molar-refractivity contribution is 5.98. The fourth-order valence-corrected chi connectivity index (χ4v) is 2.53. The van der Waals surface area contributed by atoms with Crippen molar-refractivity contribution in [2.45, 2.75) is 33.0 Å². The Morgan fingerprint density at radius 3 is 2.52 bits per heavy atom. The maximum atomic E-state index is 11.3. The Morgan fingerprint density at radius 1 is 1.15 bits per heavy atom. The maximum Gasteiger partial charge on any atom is 0.333 e. The van der Waals surface area contributed by atoms with E-state index in [1.165, 1.54) is 0 Å². The minimum Gasteiger partial charge on any atom is -0.497 e. The van der Waals surface area contributed by atoms with Crippen LogP contribution in [-0.4, -0.2) is 36.6 Å². The number of carboxylic acids is 1. The largest absolute Gasteiger partial charge is 0.497 e. The molecule has 144 valence electrons. The van der Waals surface area contributed by atoms with Crippen LogP contribution < -0.4 is 4.74 Å². The molecule has 0 aromatic heterocycles. The Morgan fingerprint density at radius 2 is 1.89 bits per heavy atom. The van der Waals surface area contributed by atoms with Crippen molar-refractivity contribution < 1.29 is 24.2 Å². The predicted molar refractivity (Wildman–Crippen MR) is 103 cm³/mol. The fraction of sp³-hybridized carbons (Fsp3) is 0.333. The average Bonchev–Trinajstić information content (AvgIpc) is 2.68. The van der Waals surface area contributed by atoms with Crippen molar-refractivity contribution in [3.05, 3.63) is 65.2 Å². The van der Waals surface area contributed by atoms with Gasteiger partial charge in [-0.25, -0.2) is 4.79 Å². The third kappa shape index (κ3) is 6.42. The van der Waals surface area contributed by atoms with Crippen molar-refractivity contribution in [2.75, 3.05) is 13.7 Å². The lowest BCUT2D eigenvalue weighted by atomic mass is 10.0. The predicted octanol–water partition coefficient (Wildman–Crippen LogP) is 3.67. The zero-order valence-electron chi connectivity index (χ0n) is 15.8. The molecular formula is C21H25NO5. The normalized spacial score (nSPS) is 12.5. The van der Waals surface area contributed by atoms with E-state index in [4.69, 9.17) is 14.3 Å². The highest BCUT2D eigenvalue weighted by atomic mass is 16.6. The number of benzene rings is 2. The van der Waals surface area contributed by atoms with E-state index in [0.717, 1.165) is 22.4 Å². The molecule has 27 heavy (non-hydrogen) atoms. The summed E-state index contributed by atoms with van der Waals surface area (Å²) >= 11 is 0. The number of aliphatic carboxylic acids is 1. The number of hydrogen-bond donors (Lipinski definition) is 1. The van der Waals surface area contributed by atoms with Gasteiger partial charge in [0.05, 0.1) is 12.8 Å². The molecule has 0 saturated carbocycles. The molecule has 6 heteroatoms. The minimum absolute atomic E-state index is 0.303. The van der Waals surface area contributed by atoms with Crippen molar-refractivity contribution >= 4 is 11.7 Å². The van der Waals surface area contributed by atoms with Crippen molar-refractivity contribution in [1.82, 2.24) is 0 Å². The molecule has 0 aliphatic heterocycles. The van der Waals surface area contributed by atoms with Gasteiger partial charge in [0.2, 0.25) is 0 Å². The minimum atomic E-state index is -0.963. The SMILES string of the molecule is CCO[C@@H](Cc1cccc(/C(C)=N/OCc2ccc(OC)cc2)c1)C(=O)O. The van der Waals surface area contributed by atoms with E-state index in [-0.39, 0.29) is 0 Å². The van der Waals surface area contributed by atoms with Gasteiger partial charge >= 0.3 is 5.97 Å². The highest BCUT2D eigenvalue weighted by Gasteiger charge is 2.18. The molecule has 0 unspecified atom stereocenters. The summed E-state index contributed by atoms with van der Waals surface area (Å²) in [6.45, 7) is 4.34. The molecule has 0 aliphatic carbocycles. The summed E-state index contributed by atoms with van der Waals surface area (Å²) in [5.41, 5.74) is 3.46. The van der Waals surface area contributed by atoms with Crippen LogP contribution in [0.4, 0.5) is 0 Å². The van der Waals surface area contributed by atoms with Crippen LogP contribution in [0.5, 0.6) is 5.75 Å². The van der Waals surface area contributed by atoms with E-state index in [9.17, 15) is 9.90 Å². The Kier molecular flexibility index (Phi) is 7.82. The average molecular weight is 371 g/mol. The van der Waals surface area contributed by atoms with Gasteiger partial charge in [-0.2, -0.15) is 0 Å². The van der Waals surface area contributed by atoms with E-state index in [1.807, 2.05) is 55.5 Å². The van der Waals surface area contributed by atoms with Crippen LogP contribution >= 0.6 is 0 Å². The molecule has 0 amide bonds. The molecule has 0 spiro atoms. The molecular weight excluding hydrogens is 346 g/mol. The molecule has 0 heterocycles. The molecule has 2 aromatic rings. The van der Waals surface area contributed by atoms with Crippen molar-refractivity contribution in [3.63, 3.8) is 0 Å². The van der Waals surface area contributed by atoms with Gasteiger partial charge in [0.1, 0.15) is 12.4 Å². The van der Waals surface area contributed by atoms with Crippen LogP contribution in [-0.2, 0) is 27.4 Å². The van der Waals surface area contributed by atoms with Gasteiger partial charge in [-0.15, -0.1) is 0 Å². The standard InChI is InChI=1S/C21H25NO5/c1-4-26-20(21(23)24)13-17-6-5-7-18(12-17)15(2)22-27-14-16-8-10-19(25-3)11-9-16/h5-12,20H,4,13-14H2,1-3H3,(H,23,24)/b22-15+/t20-/m0/s1. The first kappa shape index (κ1) is 20.5. The lowest BCUT2D eigenvalue weighted by molar-refractivity contribution is -0.149. The van der Waals surface area contributed by atoms with Crippen molar-refractivity contribution in [3.8, 4) is 5.75 Å². The van der Waals surface area contributed by atoms with Crippen LogP contribution in [0, 0.1) is 0 Å². The second kappa shape index (κ2) is 10.3. The van der Waals surface area contributed by atoms with E-state index >= 15 is 0 Å². The summed E-state index contributed by atoms with van der Waals surface area (Å²) < 4.78 is 10.4. The number of methoxy groups -OCH3 is 1. The van der Waals surface area contributed by atoms with Crippen LogP contribution in [0.15, 0.2) is 53.7 Å². The topological polar surface area (TPSA) is 77.3 Å². The number of nitrogens with zero attached hydrogens (tertiary/aromatic N) is 1. The number of ether oxygens (including phenoxy) is 2. The van der Waals surface area contributed by atoms with E-state index in [0.29, 0.717) is 25.3 Å². The van der Waals surface area contributed by atoms with E-state index < -0.39 is 12.1 Å². The molecule has 6 nitrogen and oxygen atoms in total. The van der Waals surface area contributed by atoms with Crippen LogP contribution in [0.25, 0.3) is 0 Å².